The number of nitrogens with zero attached hydrogens (tertiary/aromatic N) is 2. The van der Waals surface area contributed by atoms with E-state index in [1.54, 1.807) is 24.5 Å². The maximum atomic E-state index is 14.2. The molecule has 0 fully saturated rings. The lowest BCUT2D eigenvalue weighted by molar-refractivity contribution is 0.602. The predicted octanol–water partition coefficient (Wildman–Crippen LogP) is 5.17. The van der Waals surface area contributed by atoms with Crippen molar-refractivity contribution >= 4 is 44.4 Å². The van der Waals surface area contributed by atoms with Crippen LogP contribution < -0.4 is 0 Å². The number of rotatable bonds is 2. The van der Waals surface area contributed by atoms with Crippen LogP contribution in [0.2, 0.25) is 0 Å². The highest BCUT2D eigenvalue weighted by atomic mass is 79.9. The molecule has 0 aliphatic carbocycles. The minimum Gasteiger partial charge on any atom is -0.361 e. The van der Waals surface area contributed by atoms with E-state index in [1.807, 2.05) is 6.07 Å². The molecule has 0 atom stereocenters. The standard InChI is InChI=1S/C14H7BrFN3S/c1-17-12-6-8(2-4-19-12)20-14-10(16)7-11-9(13(14)15)3-5-18-11/h2-7,18H. The molecule has 0 aliphatic heterocycles. The molecule has 0 spiro atoms. The molecule has 98 valence electrons. The van der Waals surface area contributed by atoms with Crippen LogP contribution in [0.15, 0.2) is 50.9 Å². The van der Waals surface area contributed by atoms with Crippen molar-refractivity contribution in [3.8, 4) is 0 Å². The second kappa shape index (κ2) is 5.27. The molecule has 0 saturated heterocycles. The summed E-state index contributed by atoms with van der Waals surface area (Å²) >= 11 is 4.72. The van der Waals surface area contributed by atoms with Crippen molar-refractivity contribution in [3.05, 3.63) is 58.4 Å². The average molecular weight is 348 g/mol. The topological polar surface area (TPSA) is 33.0 Å². The maximum absolute atomic E-state index is 14.2. The first kappa shape index (κ1) is 13.2. The Bertz CT molecular complexity index is 838. The molecule has 0 aliphatic rings. The van der Waals surface area contributed by atoms with Gasteiger partial charge in [0.1, 0.15) is 12.0 Å². The summed E-state index contributed by atoms with van der Waals surface area (Å²) in [5.41, 5.74) is 0.746. The normalized spacial score (nSPS) is 10.7. The summed E-state index contributed by atoms with van der Waals surface area (Å²) in [4.78, 5) is 11.4. The van der Waals surface area contributed by atoms with Crippen LogP contribution in [0.3, 0.4) is 0 Å². The molecule has 0 bridgehead atoms. The predicted molar refractivity (Wildman–Crippen MR) is 80.6 cm³/mol. The van der Waals surface area contributed by atoms with Gasteiger partial charge in [-0.3, -0.25) is 0 Å². The van der Waals surface area contributed by atoms with Gasteiger partial charge >= 0.3 is 0 Å². The highest BCUT2D eigenvalue weighted by molar-refractivity contribution is 9.10. The van der Waals surface area contributed by atoms with E-state index >= 15 is 0 Å². The van der Waals surface area contributed by atoms with E-state index in [0.717, 1.165) is 15.8 Å². The Labute approximate surface area is 127 Å². The number of benzene rings is 1. The molecule has 3 nitrogen and oxygen atoms in total. The van der Waals surface area contributed by atoms with Crippen LogP contribution in [-0.2, 0) is 0 Å². The lowest BCUT2D eigenvalue weighted by atomic mass is 10.2. The molecular weight excluding hydrogens is 341 g/mol. The van der Waals surface area contributed by atoms with E-state index in [2.05, 4.69) is 30.7 Å². The number of hydrogen-bond acceptors (Lipinski definition) is 2. The second-order valence-electron chi connectivity index (χ2n) is 4.00. The largest absolute Gasteiger partial charge is 0.361 e. The molecule has 20 heavy (non-hydrogen) atoms. The number of nitrogens with one attached hydrogen (secondary N) is 1. The van der Waals surface area contributed by atoms with Crippen molar-refractivity contribution in [2.45, 2.75) is 9.79 Å². The fourth-order valence-corrected chi connectivity index (χ4v) is 3.51. The first-order valence-electron chi connectivity index (χ1n) is 5.65. The van der Waals surface area contributed by atoms with Gasteiger partial charge in [0.2, 0.25) is 0 Å². The first-order chi connectivity index (χ1) is 9.69. The van der Waals surface area contributed by atoms with Crippen LogP contribution in [0.5, 0.6) is 0 Å². The van der Waals surface area contributed by atoms with Gasteiger partial charge in [0.15, 0.2) is 0 Å². The lowest BCUT2D eigenvalue weighted by Crippen LogP contribution is -1.85. The number of aromatic amines is 1. The molecule has 2 aromatic heterocycles. The summed E-state index contributed by atoms with van der Waals surface area (Å²) < 4.78 is 14.9. The zero-order valence-corrected chi connectivity index (χ0v) is 12.4. The number of aromatic nitrogens is 2. The Morgan fingerprint density at radius 2 is 2.20 bits per heavy atom. The van der Waals surface area contributed by atoms with E-state index in [0.29, 0.717) is 15.2 Å². The van der Waals surface area contributed by atoms with Gasteiger partial charge in [0.25, 0.3) is 5.82 Å². The average Bonchev–Trinajstić information content (AvgIpc) is 2.92. The van der Waals surface area contributed by atoms with Gasteiger partial charge in [0.05, 0.1) is 4.90 Å². The van der Waals surface area contributed by atoms with Gasteiger partial charge in [-0.05, 0) is 40.2 Å². The van der Waals surface area contributed by atoms with Gasteiger partial charge in [-0.2, -0.15) is 0 Å². The molecule has 2 heterocycles. The number of pyridine rings is 1. The molecule has 3 aromatic rings. The first-order valence-corrected chi connectivity index (χ1v) is 7.26. The van der Waals surface area contributed by atoms with Gasteiger partial charge in [0, 0.05) is 26.5 Å². The Morgan fingerprint density at radius 3 is 3.00 bits per heavy atom. The fraction of sp³-hybridized carbons (Fsp3) is 0. The third kappa shape index (κ3) is 2.30. The summed E-state index contributed by atoms with van der Waals surface area (Å²) in [7, 11) is 0. The second-order valence-corrected chi connectivity index (χ2v) is 5.88. The zero-order chi connectivity index (χ0) is 14.1. The van der Waals surface area contributed by atoms with Gasteiger partial charge < -0.3 is 9.83 Å². The minimum absolute atomic E-state index is 0.300. The SMILES string of the molecule is [C-]#[N+]c1cc(Sc2c(F)cc3[nH]ccc3c2Br)ccn1. The summed E-state index contributed by atoms with van der Waals surface area (Å²) in [6, 6.07) is 6.76. The lowest BCUT2D eigenvalue weighted by Gasteiger charge is -2.07. The van der Waals surface area contributed by atoms with Crippen molar-refractivity contribution in [1.82, 2.24) is 9.97 Å². The van der Waals surface area contributed by atoms with Crippen LogP contribution in [-0.4, -0.2) is 9.97 Å². The molecule has 3 rings (SSSR count). The Hall–Kier alpha value is -1.84. The summed E-state index contributed by atoms with van der Waals surface area (Å²) in [5.74, 6) is -0.00717. The van der Waals surface area contributed by atoms with E-state index in [4.69, 9.17) is 6.57 Å². The molecule has 1 aromatic carbocycles. The molecule has 6 heteroatoms. The molecular formula is C14H7BrFN3S. The zero-order valence-electron chi connectivity index (χ0n) is 10.0. The number of fused-ring (bicyclic) bond motifs is 1. The monoisotopic (exact) mass is 347 g/mol. The molecule has 1 N–H and O–H groups in total. The number of hydrogen-bond donors (Lipinski definition) is 1. The van der Waals surface area contributed by atoms with Crippen molar-refractivity contribution in [2.75, 3.05) is 0 Å². The van der Waals surface area contributed by atoms with E-state index < -0.39 is 0 Å². The van der Waals surface area contributed by atoms with E-state index in [1.165, 1.54) is 17.8 Å². The van der Waals surface area contributed by atoms with Crippen LogP contribution in [0.25, 0.3) is 15.7 Å². The Balaban J connectivity index is 2.08. The van der Waals surface area contributed by atoms with E-state index in [9.17, 15) is 4.39 Å². The van der Waals surface area contributed by atoms with Crippen LogP contribution >= 0.6 is 27.7 Å². The highest BCUT2D eigenvalue weighted by Crippen LogP contribution is 2.40. The molecule has 0 radical (unpaired) electrons. The van der Waals surface area contributed by atoms with Gasteiger partial charge in [-0.1, -0.05) is 18.3 Å². The molecule has 0 saturated carbocycles. The van der Waals surface area contributed by atoms with Gasteiger partial charge in [-0.15, -0.1) is 4.98 Å². The molecule has 0 amide bonds. The number of H-pyrrole nitrogens is 1. The quantitative estimate of drug-likeness (QED) is 0.649. The Kier molecular flexibility index (Phi) is 3.47. The summed E-state index contributed by atoms with van der Waals surface area (Å²) in [6.45, 7) is 6.96. The highest BCUT2D eigenvalue weighted by Gasteiger charge is 2.14. The van der Waals surface area contributed by atoms with Crippen molar-refractivity contribution in [2.24, 2.45) is 0 Å². The van der Waals surface area contributed by atoms with Crippen molar-refractivity contribution in [1.29, 1.82) is 0 Å². The third-order valence-electron chi connectivity index (χ3n) is 2.75. The van der Waals surface area contributed by atoms with Crippen molar-refractivity contribution < 1.29 is 4.39 Å². The van der Waals surface area contributed by atoms with Gasteiger partial charge in [-0.25, -0.2) is 4.39 Å². The summed E-state index contributed by atoms with van der Waals surface area (Å²) in [6.07, 6.45) is 3.32. The smallest absolute Gasteiger partial charge is 0.270 e. The fourth-order valence-electron chi connectivity index (χ4n) is 1.85. The maximum Gasteiger partial charge on any atom is 0.270 e. The van der Waals surface area contributed by atoms with Crippen LogP contribution in [0.1, 0.15) is 0 Å². The van der Waals surface area contributed by atoms with Crippen LogP contribution in [0, 0.1) is 12.4 Å². The van der Waals surface area contributed by atoms with E-state index in [-0.39, 0.29) is 5.82 Å². The van der Waals surface area contributed by atoms with Crippen molar-refractivity contribution in [3.63, 3.8) is 0 Å². The summed E-state index contributed by atoms with van der Waals surface area (Å²) in [5, 5.41) is 0.924. The van der Waals surface area contributed by atoms with Crippen LogP contribution in [0.4, 0.5) is 10.2 Å². The minimum atomic E-state index is -0.307. The molecule has 0 unspecified atom stereocenters. The third-order valence-corrected chi connectivity index (χ3v) is 4.93. The number of halogens is 2. The Morgan fingerprint density at radius 1 is 1.35 bits per heavy atom.